The van der Waals surface area contributed by atoms with Gasteiger partial charge in [0.2, 0.25) is 5.91 Å². The van der Waals surface area contributed by atoms with Gasteiger partial charge in [-0.05, 0) is 66.4 Å². The number of amides is 1. The summed E-state index contributed by atoms with van der Waals surface area (Å²) in [7, 11) is 0. The summed E-state index contributed by atoms with van der Waals surface area (Å²) < 4.78 is 0.786. The van der Waals surface area contributed by atoms with Gasteiger partial charge in [0, 0.05) is 35.2 Å². The quantitative estimate of drug-likeness (QED) is 0.860. The highest BCUT2D eigenvalue weighted by molar-refractivity contribution is 9.10. The Morgan fingerprint density at radius 3 is 2.81 bits per heavy atom. The van der Waals surface area contributed by atoms with Crippen molar-refractivity contribution in [1.82, 2.24) is 5.32 Å². The van der Waals surface area contributed by atoms with Crippen LogP contribution in [-0.2, 0) is 0 Å². The molecule has 0 bridgehead atoms. The second-order valence-electron chi connectivity index (χ2n) is 6.33. The van der Waals surface area contributed by atoms with Gasteiger partial charge in [0.15, 0.2) is 0 Å². The lowest BCUT2D eigenvalue weighted by molar-refractivity contribution is 0.0999. The molecule has 114 valence electrons. The van der Waals surface area contributed by atoms with Crippen LogP contribution in [0.5, 0.6) is 0 Å². The molecule has 0 aromatic heterocycles. The highest BCUT2D eigenvalue weighted by atomic mass is 79.9. The summed E-state index contributed by atoms with van der Waals surface area (Å²) in [6.45, 7) is 4.47. The molecule has 2 aliphatic heterocycles. The van der Waals surface area contributed by atoms with Crippen LogP contribution >= 0.6 is 15.9 Å². The molecule has 0 radical (unpaired) electrons. The second kappa shape index (κ2) is 5.97. The summed E-state index contributed by atoms with van der Waals surface area (Å²) in [5.41, 5.74) is 7.51. The van der Waals surface area contributed by atoms with E-state index in [1.54, 1.807) is 0 Å². The third kappa shape index (κ3) is 3.09. The number of piperidine rings is 2. The van der Waals surface area contributed by atoms with Crippen molar-refractivity contribution in [3.63, 3.8) is 0 Å². The number of nitrogens with zero attached hydrogens (tertiary/aromatic N) is 1. The summed E-state index contributed by atoms with van der Waals surface area (Å²) in [6.07, 6.45) is 5.14. The Bertz CT molecular complexity index is 535. The molecule has 1 atom stereocenters. The summed E-state index contributed by atoms with van der Waals surface area (Å²) in [4.78, 5) is 13.8. The van der Waals surface area contributed by atoms with E-state index in [0.717, 1.165) is 30.7 Å². The Morgan fingerprint density at radius 2 is 2.14 bits per heavy atom. The molecule has 0 aliphatic carbocycles. The fourth-order valence-corrected chi connectivity index (χ4v) is 4.27. The topological polar surface area (TPSA) is 58.4 Å². The van der Waals surface area contributed by atoms with E-state index in [4.69, 9.17) is 5.73 Å². The van der Waals surface area contributed by atoms with Gasteiger partial charge >= 0.3 is 0 Å². The number of nitrogens with one attached hydrogen (secondary N) is 1. The molecule has 21 heavy (non-hydrogen) atoms. The zero-order valence-electron chi connectivity index (χ0n) is 12.2. The molecule has 2 fully saturated rings. The van der Waals surface area contributed by atoms with Crippen LogP contribution in [0.3, 0.4) is 0 Å². The van der Waals surface area contributed by atoms with Gasteiger partial charge in [-0.3, -0.25) is 4.79 Å². The number of nitrogens with two attached hydrogens (primary N) is 1. The van der Waals surface area contributed by atoms with E-state index in [0.29, 0.717) is 11.0 Å². The van der Waals surface area contributed by atoms with E-state index in [1.165, 1.54) is 31.4 Å². The minimum Gasteiger partial charge on any atom is -0.371 e. The number of hydrogen-bond acceptors (Lipinski definition) is 3. The van der Waals surface area contributed by atoms with Gasteiger partial charge in [-0.15, -0.1) is 0 Å². The molecule has 5 heteroatoms. The molecule has 0 saturated carbocycles. The van der Waals surface area contributed by atoms with E-state index >= 15 is 0 Å². The van der Waals surface area contributed by atoms with Crippen molar-refractivity contribution >= 4 is 27.5 Å². The highest BCUT2D eigenvalue weighted by Gasteiger charge is 2.36. The van der Waals surface area contributed by atoms with E-state index in [-0.39, 0.29) is 5.91 Å². The first-order valence-electron chi connectivity index (χ1n) is 7.65. The average Bonchev–Trinajstić information content (AvgIpc) is 2.47. The van der Waals surface area contributed by atoms with Crippen LogP contribution in [0.25, 0.3) is 0 Å². The van der Waals surface area contributed by atoms with Crippen molar-refractivity contribution in [3.8, 4) is 0 Å². The predicted octanol–water partition coefficient (Wildman–Crippen LogP) is 2.52. The van der Waals surface area contributed by atoms with Crippen LogP contribution in [0.15, 0.2) is 22.7 Å². The smallest absolute Gasteiger partial charge is 0.249 e. The number of halogens is 1. The van der Waals surface area contributed by atoms with Gasteiger partial charge in [0.05, 0.1) is 5.56 Å². The van der Waals surface area contributed by atoms with Gasteiger partial charge in [-0.2, -0.15) is 0 Å². The van der Waals surface area contributed by atoms with Crippen molar-refractivity contribution in [3.05, 3.63) is 28.2 Å². The minimum atomic E-state index is -0.389. The second-order valence-corrected chi connectivity index (χ2v) is 7.19. The first-order valence-corrected chi connectivity index (χ1v) is 8.44. The molecule has 1 amide bonds. The van der Waals surface area contributed by atoms with Crippen molar-refractivity contribution in [1.29, 1.82) is 0 Å². The van der Waals surface area contributed by atoms with Gasteiger partial charge in [-0.25, -0.2) is 0 Å². The summed E-state index contributed by atoms with van der Waals surface area (Å²) in [5.74, 6) is -0.389. The SMILES string of the molecule is NC(=O)c1ccc(N2CCCC3(CCCNC3)C2)cc1Br. The van der Waals surface area contributed by atoms with Crippen LogP contribution in [0, 0.1) is 5.41 Å². The van der Waals surface area contributed by atoms with E-state index < -0.39 is 0 Å². The number of anilines is 1. The fourth-order valence-electron chi connectivity index (χ4n) is 3.71. The van der Waals surface area contributed by atoms with Crippen LogP contribution in [0.1, 0.15) is 36.0 Å². The zero-order chi connectivity index (χ0) is 14.9. The number of hydrogen-bond donors (Lipinski definition) is 2. The normalized spacial score (nSPS) is 26.0. The van der Waals surface area contributed by atoms with E-state index in [2.05, 4.69) is 26.1 Å². The van der Waals surface area contributed by atoms with Crippen LogP contribution in [0.4, 0.5) is 5.69 Å². The van der Waals surface area contributed by atoms with Crippen LogP contribution in [0.2, 0.25) is 0 Å². The lowest BCUT2D eigenvalue weighted by Crippen LogP contribution is -2.51. The number of benzene rings is 1. The summed E-state index contributed by atoms with van der Waals surface area (Å²) >= 11 is 3.46. The summed E-state index contributed by atoms with van der Waals surface area (Å²) in [5, 5.41) is 3.56. The lowest BCUT2D eigenvalue weighted by atomic mass is 9.74. The van der Waals surface area contributed by atoms with Gasteiger partial charge in [0.25, 0.3) is 0 Å². The molecule has 2 saturated heterocycles. The maximum absolute atomic E-state index is 11.3. The molecule has 1 aromatic carbocycles. The highest BCUT2D eigenvalue weighted by Crippen LogP contribution is 2.38. The third-order valence-corrected chi connectivity index (χ3v) is 5.46. The first kappa shape index (κ1) is 14.9. The minimum absolute atomic E-state index is 0.389. The average molecular weight is 352 g/mol. The Balaban J connectivity index is 1.80. The zero-order valence-corrected chi connectivity index (χ0v) is 13.8. The molecular formula is C16H22BrN3O. The van der Waals surface area contributed by atoms with Gasteiger partial charge < -0.3 is 16.0 Å². The molecule has 2 heterocycles. The number of rotatable bonds is 2. The van der Waals surface area contributed by atoms with Gasteiger partial charge in [0.1, 0.15) is 0 Å². The van der Waals surface area contributed by atoms with Crippen molar-refractivity contribution in [2.45, 2.75) is 25.7 Å². The predicted molar refractivity (Wildman–Crippen MR) is 88.6 cm³/mol. The van der Waals surface area contributed by atoms with Crippen LogP contribution in [-0.4, -0.2) is 32.1 Å². The molecule has 3 N–H and O–H groups in total. The van der Waals surface area contributed by atoms with Crippen molar-refractivity contribution in [2.24, 2.45) is 11.1 Å². The molecule has 3 rings (SSSR count). The number of carbonyl (C=O) groups is 1. The number of primary amides is 1. The fraction of sp³-hybridized carbons (Fsp3) is 0.562. The molecule has 4 nitrogen and oxygen atoms in total. The number of carbonyl (C=O) groups excluding carboxylic acids is 1. The molecular weight excluding hydrogens is 330 g/mol. The molecule has 1 aromatic rings. The van der Waals surface area contributed by atoms with Crippen molar-refractivity contribution < 1.29 is 4.79 Å². The Labute approximate surface area is 134 Å². The largest absolute Gasteiger partial charge is 0.371 e. The lowest BCUT2D eigenvalue weighted by Gasteiger charge is -2.46. The van der Waals surface area contributed by atoms with Gasteiger partial charge in [-0.1, -0.05) is 0 Å². The maximum atomic E-state index is 11.3. The van der Waals surface area contributed by atoms with Crippen molar-refractivity contribution in [2.75, 3.05) is 31.1 Å². The van der Waals surface area contributed by atoms with Crippen LogP contribution < -0.4 is 16.0 Å². The Kier molecular flexibility index (Phi) is 4.22. The standard InChI is InChI=1S/C16H22BrN3O/c17-14-9-12(3-4-13(14)15(18)21)20-8-2-6-16(11-20)5-1-7-19-10-16/h3-4,9,19H,1-2,5-8,10-11H2,(H2,18,21). The third-order valence-electron chi connectivity index (χ3n) is 4.81. The monoisotopic (exact) mass is 351 g/mol. The van der Waals surface area contributed by atoms with E-state index in [1.807, 2.05) is 18.2 Å². The molecule has 1 unspecified atom stereocenters. The maximum Gasteiger partial charge on any atom is 0.249 e. The molecule has 1 spiro atoms. The molecule has 2 aliphatic rings. The Hall–Kier alpha value is -1.07. The summed E-state index contributed by atoms with van der Waals surface area (Å²) in [6, 6.07) is 5.86. The first-order chi connectivity index (χ1) is 10.1. The van der Waals surface area contributed by atoms with E-state index in [9.17, 15) is 4.79 Å². The Morgan fingerprint density at radius 1 is 1.33 bits per heavy atom.